The van der Waals surface area contributed by atoms with Crippen molar-refractivity contribution >= 4 is 11.8 Å². The van der Waals surface area contributed by atoms with Crippen molar-refractivity contribution in [3.63, 3.8) is 0 Å². The molecular weight excluding hydrogens is 228 g/mol. The molecule has 1 aromatic carbocycles. The van der Waals surface area contributed by atoms with Crippen molar-refractivity contribution in [2.24, 2.45) is 0 Å². The van der Waals surface area contributed by atoms with Crippen molar-refractivity contribution in [1.82, 2.24) is 5.32 Å². The molecule has 1 N–H and O–H groups in total. The van der Waals surface area contributed by atoms with Gasteiger partial charge in [0, 0.05) is 23.0 Å². The highest BCUT2D eigenvalue weighted by Crippen LogP contribution is 2.38. The fraction of sp³-hybridized carbons (Fsp3) is 0.500. The molecule has 2 rings (SSSR count). The first-order chi connectivity index (χ1) is 7.58. The molecule has 0 aliphatic carbocycles. The first-order valence-corrected chi connectivity index (χ1v) is 6.44. The van der Waals surface area contributed by atoms with Crippen LogP contribution in [0.2, 0.25) is 0 Å². The molecular formula is C12H15F2NS. The molecule has 88 valence electrons. The number of fused-ring (bicyclic) bond motifs is 1. The second-order valence-corrected chi connectivity index (χ2v) is 5.42. The number of thioether (sulfide) groups is 1. The topological polar surface area (TPSA) is 12.0 Å². The molecule has 1 atom stereocenters. The summed E-state index contributed by atoms with van der Waals surface area (Å²) in [5.74, 6) is -0.0514. The van der Waals surface area contributed by atoms with E-state index in [0.717, 1.165) is 23.8 Å². The van der Waals surface area contributed by atoms with Gasteiger partial charge in [0.1, 0.15) is 11.6 Å². The van der Waals surface area contributed by atoms with Crippen molar-refractivity contribution < 1.29 is 8.78 Å². The Morgan fingerprint density at radius 2 is 2.12 bits per heavy atom. The largest absolute Gasteiger partial charge is 0.308 e. The Morgan fingerprint density at radius 3 is 2.81 bits per heavy atom. The summed E-state index contributed by atoms with van der Waals surface area (Å²) in [4.78, 5) is 0.603. The van der Waals surface area contributed by atoms with E-state index in [-0.39, 0.29) is 6.04 Å². The normalized spacial score (nSPS) is 19.9. The van der Waals surface area contributed by atoms with E-state index in [9.17, 15) is 8.78 Å². The van der Waals surface area contributed by atoms with Gasteiger partial charge >= 0.3 is 0 Å². The SMILES string of the molecule is CC(C)NC1CCSc2c(F)cc(F)cc21. The summed E-state index contributed by atoms with van der Waals surface area (Å²) in [6.45, 7) is 4.08. The van der Waals surface area contributed by atoms with Crippen LogP contribution in [0.4, 0.5) is 8.78 Å². The van der Waals surface area contributed by atoms with Crippen LogP contribution >= 0.6 is 11.8 Å². The van der Waals surface area contributed by atoms with E-state index in [1.54, 1.807) is 0 Å². The third kappa shape index (κ3) is 2.38. The van der Waals surface area contributed by atoms with Crippen LogP contribution in [0.15, 0.2) is 17.0 Å². The summed E-state index contributed by atoms with van der Waals surface area (Å²) in [7, 11) is 0. The quantitative estimate of drug-likeness (QED) is 0.853. The van der Waals surface area contributed by atoms with E-state index in [1.807, 2.05) is 13.8 Å². The third-order valence-corrected chi connectivity index (χ3v) is 3.76. The lowest BCUT2D eigenvalue weighted by Crippen LogP contribution is -2.30. The van der Waals surface area contributed by atoms with E-state index in [4.69, 9.17) is 0 Å². The van der Waals surface area contributed by atoms with Crippen LogP contribution in [-0.4, -0.2) is 11.8 Å². The minimum absolute atomic E-state index is 0.0708. The van der Waals surface area contributed by atoms with Crippen LogP contribution in [0, 0.1) is 11.6 Å². The van der Waals surface area contributed by atoms with Gasteiger partial charge in [0.15, 0.2) is 0 Å². The van der Waals surface area contributed by atoms with E-state index in [1.165, 1.54) is 17.8 Å². The van der Waals surface area contributed by atoms with Gasteiger partial charge in [-0.25, -0.2) is 8.78 Å². The fourth-order valence-corrected chi connectivity index (χ4v) is 3.12. The van der Waals surface area contributed by atoms with Gasteiger partial charge < -0.3 is 5.32 Å². The summed E-state index contributed by atoms with van der Waals surface area (Å²) in [6.07, 6.45) is 0.915. The summed E-state index contributed by atoms with van der Waals surface area (Å²) in [5.41, 5.74) is 0.766. The molecule has 0 radical (unpaired) electrons. The first kappa shape index (κ1) is 11.9. The molecule has 0 saturated heterocycles. The smallest absolute Gasteiger partial charge is 0.140 e. The summed E-state index contributed by atoms with van der Waals surface area (Å²) in [6, 6.07) is 2.79. The highest BCUT2D eigenvalue weighted by atomic mass is 32.2. The van der Waals surface area contributed by atoms with Gasteiger partial charge in [-0.1, -0.05) is 13.8 Å². The number of benzene rings is 1. The van der Waals surface area contributed by atoms with Crippen molar-refractivity contribution in [3.8, 4) is 0 Å². The molecule has 0 aromatic heterocycles. The van der Waals surface area contributed by atoms with Gasteiger partial charge in [0.2, 0.25) is 0 Å². The molecule has 1 aliphatic heterocycles. The van der Waals surface area contributed by atoms with Crippen LogP contribution in [0.1, 0.15) is 31.9 Å². The molecule has 16 heavy (non-hydrogen) atoms. The number of hydrogen-bond donors (Lipinski definition) is 1. The van der Waals surface area contributed by atoms with E-state index >= 15 is 0 Å². The summed E-state index contributed by atoms with van der Waals surface area (Å²) < 4.78 is 26.7. The maximum absolute atomic E-state index is 13.6. The zero-order valence-corrected chi connectivity index (χ0v) is 10.2. The van der Waals surface area contributed by atoms with Crippen LogP contribution in [0.25, 0.3) is 0 Å². The van der Waals surface area contributed by atoms with Gasteiger partial charge in [-0.15, -0.1) is 11.8 Å². The van der Waals surface area contributed by atoms with E-state index in [2.05, 4.69) is 5.32 Å². The average molecular weight is 243 g/mol. The standard InChI is InChI=1S/C12H15F2NS/c1-7(2)15-11-3-4-16-12-9(11)5-8(13)6-10(12)14/h5-7,11,15H,3-4H2,1-2H3. The van der Waals surface area contributed by atoms with Crippen molar-refractivity contribution in [2.75, 3.05) is 5.75 Å². The molecule has 0 amide bonds. The monoisotopic (exact) mass is 243 g/mol. The van der Waals surface area contributed by atoms with Crippen molar-refractivity contribution in [2.45, 2.75) is 37.2 Å². The molecule has 0 bridgehead atoms. The third-order valence-electron chi connectivity index (χ3n) is 2.60. The second-order valence-electron chi connectivity index (χ2n) is 4.32. The lowest BCUT2D eigenvalue weighted by Gasteiger charge is -2.28. The molecule has 1 unspecified atom stereocenters. The van der Waals surface area contributed by atoms with Gasteiger partial charge in [0.25, 0.3) is 0 Å². The first-order valence-electron chi connectivity index (χ1n) is 5.45. The lowest BCUT2D eigenvalue weighted by molar-refractivity contribution is 0.448. The van der Waals surface area contributed by atoms with E-state index < -0.39 is 11.6 Å². The van der Waals surface area contributed by atoms with Crippen molar-refractivity contribution in [1.29, 1.82) is 0 Å². The number of halogens is 2. The lowest BCUT2D eigenvalue weighted by atomic mass is 10.0. The number of rotatable bonds is 2. The zero-order chi connectivity index (χ0) is 11.7. The molecule has 1 aliphatic rings. The maximum Gasteiger partial charge on any atom is 0.140 e. The average Bonchev–Trinajstić information content (AvgIpc) is 2.18. The molecule has 0 saturated carbocycles. The van der Waals surface area contributed by atoms with Crippen LogP contribution in [0.3, 0.4) is 0 Å². The molecule has 0 fully saturated rings. The van der Waals surface area contributed by atoms with E-state index in [0.29, 0.717) is 10.9 Å². The predicted molar refractivity (Wildman–Crippen MR) is 62.7 cm³/mol. The number of nitrogens with one attached hydrogen (secondary N) is 1. The molecule has 1 nitrogen and oxygen atoms in total. The Morgan fingerprint density at radius 1 is 1.38 bits per heavy atom. The Bertz CT molecular complexity index is 393. The van der Waals surface area contributed by atoms with Crippen LogP contribution < -0.4 is 5.32 Å². The van der Waals surface area contributed by atoms with Gasteiger partial charge in [-0.2, -0.15) is 0 Å². The van der Waals surface area contributed by atoms with Crippen LogP contribution in [-0.2, 0) is 0 Å². The minimum atomic E-state index is -0.491. The molecule has 0 spiro atoms. The van der Waals surface area contributed by atoms with Gasteiger partial charge in [0.05, 0.1) is 0 Å². The van der Waals surface area contributed by atoms with Crippen LogP contribution in [0.5, 0.6) is 0 Å². The highest BCUT2D eigenvalue weighted by molar-refractivity contribution is 7.99. The van der Waals surface area contributed by atoms with Gasteiger partial charge in [-0.05, 0) is 23.8 Å². The Kier molecular flexibility index (Phi) is 3.50. The highest BCUT2D eigenvalue weighted by Gasteiger charge is 2.24. The maximum atomic E-state index is 13.6. The minimum Gasteiger partial charge on any atom is -0.308 e. The Labute approximate surface area is 98.6 Å². The van der Waals surface area contributed by atoms with Gasteiger partial charge in [-0.3, -0.25) is 0 Å². The predicted octanol–water partition coefficient (Wildman–Crippen LogP) is 3.50. The second kappa shape index (κ2) is 4.72. The van der Waals surface area contributed by atoms with Crippen molar-refractivity contribution in [3.05, 3.63) is 29.3 Å². The number of hydrogen-bond acceptors (Lipinski definition) is 2. The Balaban J connectivity index is 2.37. The summed E-state index contributed by atoms with van der Waals surface area (Å²) >= 11 is 1.47. The molecule has 1 aromatic rings. The summed E-state index contributed by atoms with van der Waals surface area (Å²) in [5, 5.41) is 3.35. The zero-order valence-electron chi connectivity index (χ0n) is 9.39. The molecule has 1 heterocycles. The molecule has 4 heteroatoms. The Hall–Kier alpha value is -0.610. The fourth-order valence-electron chi connectivity index (χ4n) is 2.00.